The van der Waals surface area contributed by atoms with Gasteiger partial charge in [-0.15, -0.1) is 0 Å². The number of hydrogen-bond acceptors (Lipinski definition) is 4. The van der Waals surface area contributed by atoms with Crippen LogP contribution in [0.4, 0.5) is 5.69 Å². The third-order valence-corrected chi connectivity index (χ3v) is 2.96. The first kappa shape index (κ1) is 14.1. The first-order valence-electron chi connectivity index (χ1n) is 5.50. The van der Waals surface area contributed by atoms with Crippen LogP contribution < -0.4 is 0 Å². The van der Waals surface area contributed by atoms with Crippen LogP contribution >= 0.6 is 0 Å². The van der Waals surface area contributed by atoms with Crippen molar-refractivity contribution in [3.8, 4) is 0 Å². The number of likely N-dealkylation sites (N-methyl/N-ethyl adjacent to an activating group) is 1. The molecule has 6 heteroatoms. The molecule has 1 atom stereocenters. The van der Waals surface area contributed by atoms with Crippen molar-refractivity contribution >= 4 is 11.7 Å². The molecule has 6 nitrogen and oxygen atoms in total. The van der Waals surface area contributed by atoms with Crippen molar-refractivity contribution in [1.29, 1.82) is 0 Å². The van der Waals surface area contributed by atoms with Crippen LogP contribution in [-0.4, -0.2) is 34.5 Å². The summed E-state index contributed by atoms with van der Waals surface area (Å²) in [6.07, 6.45) is 0. The number of carboxylic acids is 1. The summed E-state index contributed by atoms with van der Waals surface area (Å²) in [7, 11) is 1.67. The van der Waals surface area contributed by atoms with Gasteiger partial charge in [0.2, 0.25) is 0 Å². The maximum absolute atomic E-state index is 10.8. The zero-order valence-corrected chi connectivity index (χ0v) is 10.6. The van der Waals surface area contributed by atoms with Crippen molar-refractivity contribution in [2.45, 2.75) is 19.9 Å². The average molecular weight is 252 g/mol. The third-order valence-electron chi connectivity index (χ3n) is 2.96. The Hall–Kier alpha value is -1.95. The van der Waals surface area contributed by atoms with Crippen molar-refractivity contribution in [1.82, 2.24) is 4.90 Å². The van der Waals surface area contributed by atoms with E-state index in [9.17, 15) is 14.9 Å². The molecule has 0 heterocycles. The Bertz CT molecular complexity index is 473. The number of nitro groups is 1. The zero-order chi connectivity index (χ0) is 13.9. The molecule has 0 saturated heterocycles. The molecule has 0 aromatic heterocycles. The van der Waals surface area contributed by atoms with Crippen LogP contribution in [0.2, 0.25) is 0 Å². The molecule has 1 aromatic rings. The Balaban J connectivity index is 2.99. The van der Waals surface area contributed by atoms with Gasteiger partial charge in [-0.1, -0.05) is 12.1 Å². The molecule has 0 amide bonds. The van der Waals surface area contributed by atoms with Crippen LogP contribution in [0.25, 0.3) is 0 Å². The molecular formula is C12H16N2O4. The van der Waals surface area contributed by atoms with Crippen LogP contribution in [0.3, 0.4) is 0 Å². The Labute approximate surface area is 105 Å². The molecule has 0 fully saturated rings. The predicted octanol–water partition coefficient (Wildman–Crippen LogP) is 1.98. The second-order valence-corrected chi connectivity index (χ2v) is 4.29. The molecule has 0 bridgehead atoms. The summed E-state index contributed by atoms with van der Waals surface area (Å²) in [5.41, 5.74) is 1.39. The summed E-state index contributed by atoms with van der Waals surface area (Å²) < 4.78 is 0. The number of carbonyl (C=O) groups is 1. The Morgan fingerprint density at radius 1 is 1.56 bits per heavy atom. The van der Waals surface area contributed by atoms with Crippen molar-refractivity contribution < 1.29 is 14.8 Å². The highest BCUT2D eigenvalue weighted by atomic mass is 16.6. The largest absolute Gasteiger partial charge is 0.480 e. The van der Waals surface area contributed by atoms with Crippen LogP contribution in [-0.2, 0) is 4.79 Å². The number of nitrogens with zero attached hydrogens (tertiary/aromatic N) is 2. The fourth-order valence-corrected chi connectivity index (χ4v) is 1.69. The molecule has 1 aromatic carbocycles. The Kier molecular flexibility index (Phi) is 4.38. The minimum Gasteiger partial charge on any atom is -0.480 e. The van der Waals surface area contributed by atoms with Crippen LogP contribution in [0.1, 0.15) is 24.1 Å². The number of aliphatic carboxylic acids is 1. The summed E-state index contributed by atoms with van der Waals surface area (Å²) in [5.74, 6) is -0.925. The highest BCUT2D eigenvalue weighted by molar-refractivity contribution is 5.69. The summed E-state index contributed by atoms with van der Waals surface area (Å²) in [6, 6.07) is 4.77. The molecule has 0 aliphatic rings. The SMILES string of the molecule is Cc1ccc(C(C)N(C)CC(=O)O)cc1[N+](=O)[O-]. The molecule has 0 aliphatic carbocycles. The van der Waals surface area contributed by atoms with Gasteiger partial charge in [0.15, 0.2) is 0 Å². The molecule has 0 aliphatic heterocycles. The first-order chi connectivity index (χ1) is 8.32. The maximum Gasteiger partial charge on any atom is 0.317 e. The number of nitro benzene ring substituents is 1. The monoisotopic (exact) mass is 252 g/mol. The fourth-order valence-electron chi connectivity index (χ4n) is 1.69. The van der Waals surface area contributed by atoms with E-state index in [-0.39, 0.29) is 18.3 Å². The second kappa shape index (κ2) is 5.59. The fraction of sp³-hybridized carbons (Fsp3) is 0.417. The minimum absolute atomic E-state index is 0.0584. The van der Waals surface area contributed by atoms with E-state index in [2.05, 4.69) is 0 Å². The van der Waals surface area contributed by atoms with Crippen LogP contribution in [0, 0.1) is 17.0 Å². The molecular weight excluding hydrogens is 236 g/mol. The van der Waals surface area contributed by atoms with Gasteiger partial charge >= 0.3 is 5.97 Å². The lowest BCUT2D eigenvalue weighted by Gasteiger charge is -2.23. The van der Waals surface area contributed by atoms with Crippen LogP contribution in [0.5, 0.6) is 0 Å². The van der Waals surface area contributed by atoms with Gasteiger partial charge in [0.1, 0.15) is 0 Å². The molecule has 1 N–H and O–H groups in total. The summed E-state index contributed by atoms with van der Waals surface area (Å²) >= 11 is 0. The quantitative estimate of drug-likeness (QED) is 0.640. The zero-order valence-electron chi connectivity index (χ0n) is 10.6. The molecule has 0 saturated carbocycles. The number of hydrogen-bond donors (Lipinski definition) is 1. The molecule has 1 rings (SSSR count). The minimum atomic E-state index is -0.925. The summed E-state index contributed by atoms with van der Waals surface area (Å²) in [4.78, 5) is 22.7. The highest BCUT2D eigenvalue weighted by Crippen LogP contribution is 2.25. The van der Waals surface area contributed by atoms with Gasteiger partial charge in [0.25, 0.3) is 5.69 Å². The normalized spacial score (nSPS) is 12.4. The van der Waals surface area contributed by atoms with Gasteiger partial charge in [-0.25, -0.2) is 0 Å². The lowest BCUT2D eigenvalue weighted by molar-refractivity contribution is -0.385. The van der Waals surface area contributed by atoms with Gasteiger partial charge in [0, 0.05) is 17.7 Å². The predicted molar refractivity (Wildman–Crippen MR) is 66.5 cm³/mol. The number of rotatable bonds is 5. The molecule has 0 radical (unpaired) electrons. The molecule has 98 valence electrons. The van der Waals surface area contributed by atoms with E-state index in [0.717, 1.165) is 5.56 Å². The van der Waals surface area contributed by atoms with Crippen molar-refractivity contribution in [2.24, 2.45) is 0 Å². The van der Waals surface area contributed by atoms with Gasteiger partial charge in [-0.05, 0) is 26.5 Å². The topological polar surface area (TPSA) is 83.7 Å². The third kappa shape index (κ3) is 3.27. The lowest BCUT2D eigenvalue weighted by Crippen LogP contribution is -2.28. The highest BCUT2D eigenvalue weighted by Gasteiger charge is 2.18. The number of benzene rings is 1. The average Bonchev–Trinajstić information content (AvgIpc) is 2.27. The standard InChI is InChI=1S/C12H16N2O4/c1-8-4-5-10(6-11(8)14(17)18)9(2)13(3)7-12(15)16/h4-6,9H,7H2,1-3H3,(H,15,16). The Morgan fingerprint density at radius 2 is 2.17 bits per heavy atom. The number of aryl methyl sites for hydroxylation is 1. The van der Waals surface area contributed by atoms with Crippen LogP contribution in [0.15, 0.2) is 18.2 Å². The van der Waals surface area contributed by atoms with Gasteiger partial charge in [-0.2, -0.15) is 0 Å². The van der Waals surface area contributed by atoms with Gasteiger partial charge in [-0.3, -0.25) is 19.8 Å². The van der Waals surface area contributed by atoms with Gasteiger partial charge in [0.05, 0.1) is 11.5 Å². The molecule has 18 heavy (non-hydrogen) atoms. The van der Waals surface area contributed by atoms with E-state index in [1.165, 1.54) is 6.07 Å². The lowest BCUT2D eigenvalue weighted by atomic mass is 10.0. The summed E-state index contributed by atoms with van der Waals surface area (Å²) in [6.45, 7) is 3.38. The van der Waals surface area contributed by atoms with E-state index < -0.39 is 10.9 Å². The van der Waals surface area contributed by atoms with E-state index in [0.29, 0.717) is 5.56 Å². The Morgan fingerprint density at radius 3 is 2.67 bits per heavy atom. The summed E-state index contributed by atoms with van der Waals surface area (Å²) in [5, 5.41) is 19.6. The molecule has 1 unspecified atom stereocenters. The van der Waals surface area contributed by atoms with E-state index >= 15 is 0 Å². The first-order valence-corrected chi connectivity index (χ1v) is 5.50. The van der Waals surface area contributed by atoms with E-state index in [1.807, 2.05) is 6.92 Å². The second-order valence-electron chi connectivity index (χ2n) is 4.29. The maximum atomic E-state index is 10.8. The molecule has 0 spiro atoms. The van der Waals surface area contributed by atoms with Gasteiger partial charge < -0.3 is 5.11 Å². The van der Waals surface area contributed by atoms with Crippen molar-refractivity contribution in [2.75, 3.05) is 13.6 Å². The van der Waals surface area contributed by atoms with Crippen molar-refractivity contribution in [3.05, 3.63) is 39.4 Å². The van der Waals surface area contributed by atoms with Crippen molar-refractivity contribution in [3.63, 3.8) is 0 Å². The van der Waals surface area contributed by atoms with E-state index in [1.54, 1.807) is 31.0 Å². The van der Waals surface area contributed by atoms with E-state index in [4.69, 9.17) is 5.11 Å². The number of carboxylic acid groups (broad SMARTS) is 1. The smallest absolute Gasteiger partial charge is 0.317 e.